The van der Waals surface area contributed by atoms with Crippen LogP contribution in [0.25, 0.3) is 22.3 Å². The number of nitrogens with one attached hydrogen (secondary N) is 1. The molecule has 2 aliphatic rings. The van der Waals surface area contributed by atoms with Gasteiger partial charge in [-0.2, -0.15) is 5.10 Å². The van der Waals surface area contributed by atoms with Crippen LogP contribution in [-0.4, -0.2) is 70.6 Å². The van der Waals surface area contributed by atoms with Gasteiger partial charge in [-0.1, -0.05) is 24.3 Å². The van der Waals surface area contributed by atoms with Crippen LogP contribution in [0.2, 0.25) is 0 Å². The number of oxazole rings is 1. The van der Waals surface area contributed by atoms with E-state index in [0.29, 0.717) is 55.5 Å². The van der Waals surface area contributed by atoms with Crippen molar-refractivity contribution < 1.29 is 23.8 Å². The smallest absolute Gasteiger partial charge is 0.407 e. The van der Waals surface area contributed by atoms with Crippen LogP contribution in [0.1, 0.15) is 74.4 Å². The lowest BCUT2D eigenvalue weighted by molar-refractivity contribution is -0.0305. The lowest BCUT2D eigenvalue weighted by Gasteiger charge is -2.38. The standard InChI is InChI=1S/C31H37N7O6/c1-30(2,3)44-29(41)33-15-19-5-7-20(8-6-19)25-23-24(35-36(25)4)28(40)38(18-34-23)17-31(42)11-13-37(14-12-31)27(39)22-16-32-26(43-22)21-9-10-21/h5-8,16,18,21,42H,9-15,17H2,1-4H3,(H,33,41). The predicted octanol–water partition coefficient (Wildman–Crippen LogP) is 3.35. The van der Waals surface area contributed by atoms with E-state index in [1.807, 2.05) is 45.0 Å². The van der Waals surface area contributed by atoms with Gasteiger partial charge >= 0.3 is 6.09 Å². The summed E-state index contributed by atoms with van der Waals surface area (Å²) in [5.41, 5.74) is 0.923. The van der Waals surface area contributed by atoms with Crippen molar-refractivity contribution >= 4 is 23.0 Å². The first-order valence-electron chi connectivity index (χ1n) is 14.8. The largest absolute Gasteiger partial charge is 0.444 e. The minimum Gasteiger partial charge on any atom is -0.444 e. The van der Waals surface area contributed by atoms with Gasteiger partial charge in [-0.3, -0.25) is 18.8 Å². The van der Waals surface area contributed by atoms with Crippen LogP contribution in [0.5, 0.6) is 0 Å². The third kappa shape index (κ3) is 6.23. The van der Waals surface area contributed by atoms with E-state index in [4.69, 9.17) is 9.15 Å². The van der Waals surface area contributed by atoms with Crippen LogP contribution in [0.4, 0.5) is 4.79 Å². The minimum atomic E-state index is -1.18. The molecule has 0 atom stereocenters. The summed E-state index contributed by atoms with van der Waals surface area (Å²) in [7, 11) is 1.75. The number of aryl methyl sites for hydroxylation is 1. The van der Waals surface area contributed by atoms with E-state index in [9.17, 15) is 19.5 Å². The van der Waals surface area contributed by atoms with E-state index in [-0.39, 0.29) is 29.3 Å². The zero-order valence-electron chi connectivity index (χ0n) is 25.4. The molecule has 3 aromatic heterocycles. The molecule has 2 N–H and O–H groups in total. The van der Waals surface area contributed by atoms with Crippen molar-refractivity contribution in [3.05, 3.63) is 64.4 Å². The number of rotatable bonds is 7. The van der Waals surface area contributed by atoms with E-state index in [2.05, 4.69) is 20.4 Å². The molecule has 0 unspecified atom stereocenters. The van der Waals surface area contributed by atoms with Crippen molar-refractivity contribution in [2.45, 2.75) is 76.7 Å². The lowest BCUT2D eigenvalue weighted by atomic mass is 9.91. The molecule has 6 rings (SSSR count). The summed E-state index contributed by atoms with van der Waals surface area (Å²) in [6.45, 7) is 6.43. The fourth-order valence-electron chi connectivity index (χ4n) is 5.46. The Morgan fingerprint density at radius 2 is 1.82 bits per heavy atom. The summed E-state index contributed by atoms with van der Waals surface area (Å²) in [6.07, 6.45) is 5.11. The molecule has 0 spiro atoms. The summed E-state index contributed by atoms with van der Waals surface area (Å²) in [5, 5.41) is 18.6. The Labute approximate surface area is 253 Å². The monoisotopic (exact) mass is 603 g/mol. The summed E-state index contributed by atoms with van der Waals surface area (Å²) in [4.78, 5) is 48.8. The summed E-state index contributed by atoms with van der Waals surface area (Å²) in [6, 6.07) is 7.54. The van der Waals surface area contributed by atoms with Crippen LogP contribution >= 0.6 is 0 Å². The van der Waals surface area contributed by atoms with Crippen molar-refractivity contribution in [1.29, 1.82) is 0 Å². The van der Waals surface area contributed by atoms with Gasteiger partial charge in [0.05, 0.1) is 30.4 Å². The molecule has 1 aromatic carbocycles. The molecule has 0 bridgehead atoms. The number of fused-ring (bicyclic) bond motifs is 1. The van der Waals surface area contributed by atoms with Gasteiger partial charge in [0.2, 0.25) is 5.76 Å². The Hall–Kier alpha value is -4.52. The van der Waals surface area contributed by atoms with Gasteiger partial charge < -0.3 is 24.5 Å². The van der Waals surface area contributed by atoms with E-state index < -0.39 is 17.3 Å². The molecular formula is C31H37N7O6. The number of alkyl carbamates (subject to hydrolysis) is 1. The molecule has 44 heavy (non-hydrogen) atoms. The highest BCUT2D eigenvalue weighted by Crippen LogP contribution is 2.39. The number of piperidine rings is 1. The first-order valence-corrected chi connectivity index (χ1v) is 14.8. The molecule has 1 aliphatic carbocycles. The first-order chi connectivity index (χ1) is 20.9. The normalized spacial score (nSPS) is 16.7. The highest BCUT2D eigenvalue weighted by molar-refractivity contribution is 5.91. The van der Waals surface area contributed by atoms with Gasteiger partial charge in [-0.15, -0.1) is 0 Å². The van der Waals surface area contributed by atoms with Crippen molar-refractivity contribution in [2.75, 3.05) is 13.1 Å². The summed E-state index contributed by atoms with van der Waals surface area (Å²) in [5.74, 6) is 0.926. The number of likely N-dealkylation sites (tertiary alicyclic amines) is 1. The maximum Gasteiger partial charge on any atom is 0.407 e. The molecule has 1 saturated carbocycles. The fraction of sp³-hybridized carbons (Fsp3) is 0.484. The molecule has 232 valence electrons. The van der Waals surface area contributed by atoms with Crippen molar-refractivity contribution in [3.8, 4) is 11.3 Å². The third-order valence-electron chi connectivity index (χ3n) is 7.98. The number of nitrogens with zero attached hydrogens (tertiary/aromatic N) is 6. The molecule has 4 aromatic rings. The number of ether oxygens (including phenoxy) is 1. The van der Waals surface area contributed by atoms with Gasteiger partial charge in [0, 0.05) is 38.2 Å². The van der Waals surface area contributed by atoms with Gasteiger partial charge in [0.1, 0.15) is 11.1 Å². The quantitative estimate of drug-likeness (QED) is 0.323. The van der Waals surface area contributed by atoms with Crippen LogP contribution in [0.15, 0.2) is 46.0 Å². The first kappa shape index (κ1) is 29.5. The Morgan fingerprint density at radius 1 is 1.11 bits per heavy atom. The second-order valence-electron chi connectivity index (χ2n) is 12.8. The van der Waals surface area contributed by atoms with Gasteiger partial charge in [0.15, 0.2) is 11.4 Å². The molecule has 0 radical (unpaired) electrons. The Kier molecular flexibility index (Phi) is 7.52. The van der Waals surface area contributed by atoms with E-state index >= 15 is 0 Å². The highest BCUT2D eigenvalue weighted by atomic mass is 16.6. The number of benzene rings is 1. The molecule has 2 amide bonds. The average molecular weight is 604 g/mol. The molecular weight excluding hydrogens is 566 g/mol. The SMILES string of the molecule is Cn1nc2c(=O)n(CC3(O)CCN(C(=O)c4cnc(C5CC5)o4)CC3)cnc2c1-c1ccc(CNC(=O)OC(C)(C)C)cc1. The van der Waals surface area contributed by atoms with Crippen LogP contribution in [0.3, 0.4) is 0 Å². The predicted molar refractivity (Wildman–Crippen MR) is 160 cm³/mol. The van der Waals surface area contributed by atoms with Crippen LogP contribution < -0.4 is 10.9 Å². The Balaban J connectivity index is 1.12. The van der Waals surface area contributed by atoms with Gasteiger partial charge in [-0.05, 0) is 52.0 Å². The lowest BCUT2D eigenvalue weighted by Crippen LogP contribution is -2.49. The highest BCUT2D eigenvalue weighted by Gasteiger charge is 2.37. The number of hydrogen-bond donors (Lipinski definition) is 2. The van der Waals surface area contributed by atoms with Crippen molar-refractivity contribution in [1.82, 2.24) is 34.5 Å². The summed E-state index contributed by atoms with van der Waals surface area (Å²) >= 11 is 0. The summed E-state index contributed by atoms with van der Waals surface area (Å²) < 4.78 is 14.0. The van der Waals surface area contributed by atoms with E-state index in [0.717, 1.165) is 24.0 Å². The van der Waals surface area contributed by atoms with Gasteiger partial charge in [-0.25, -0.2) is 14.8 Å². The molecule has 1 saturated heterocycles. The van der Waals surface area contributed by atoms with E-state index in [1.165, 1.54) is 17.1 Å². The number of amides is 2. The number of aromatic nitrogens is 5. The fourth-order valence-corrected chi connectivity index (χ4v) is 5.46. The molecule has 2 fully saturated rings. The second-order valence-corrected chi connectivity index (χ2v) is 12.8. The van der Waals surface area contributed by atoms with Gasteiger partial charge in [0.25, 0.3) is 11.5 Å². The number of hydrogen-bond acceptors (Lipinski definition) is 9. The third-order valence-corrected chi connectivity index (χ3v) is 7.98. The second kappa shape index (κ2) is 11.2. The van der Waals surface area contributed by atoms with Crippen molar-refractivity contribution in [2.24, 2.45) is 7.05 Å². The number of carbonyl (C=O) groups is 2. The molecule has 4 heterocycles. The van der Waals surface area contributed by atoms with Crippen LogP contribution in [0, 0.1) is 0 Å². The number of aliphatic hydroxyl groups is 1. The zero-order valence-corrected chi connectivity index (χ0v) is 25.4. The average Bonchev–Trinajstić information content (AvgIpc) is 3.60. The molecule has 13 heteroatoms. The Morgan fingerprint density at radius 3 is 2.48 bits per heavy atom. The maximum absolute atomic E-state index is 13.5. The topological polar surface area (TPSA) is 158 Å². The van der Waals surface area contributed by atoms with Crippen LogP contribution in [-0.2, 0) is 24.9 Å². The maximum atomic E-state index is 13.5. The molecule has 1 aliphatic heterocycles. The van der Waals surface area contributed by atoms with Crippen molar-refractivity contribution in [3.63, 3.8) is 0 Å². The molecule has 13 nitrogen and oxygen atoms in total. The van der Waals surface area contributed by atoms with E-state index in [1.54, 1.807) is 16.6 Å². The Bertz CT molecular complexity index is 1750. The minimum absolute atomic E-state index is 0.0379. The number of carbonyl (C=O) groups excluding carboxylic acids is 2. The zero-order chi connectivity index (χ0) is 31.2.